The van der Waals surface area contributed by atoms with E-state index >= 15 is 0 Å². The van der Waals surface area contributed by atoms with Gasteiger partial charge in [-0.05, 0) is 0 Å². The summed E-state index contributed by atoms with van der Waals surface area (Å²) in [4.78, 5) is 0. The third-order valence-electron chi connectivity index (χ3n) is 1.11. The Labute approximate surface area is 153 Å². The topological polar surface area (TPSA) is 281 Å². The van der Waals surface area contributed by atoms with Crippen LogP contribution in [0.4, 0.5) is 0 Å². The van der Waals surface area contributed by atoms with Gasteiger partial charge in [-0.3, -0.25) is 0 Å². The minimum absolute atomic E-state index is 0. The number of rotatable bonds is 2. The molecule has 0 atom stereocenters. The fourth-order valence-corrected chi connectivity index (χ4v) is 0.602. The van der Waals surface area contributed by atoms with E-state index in [1.54, 1.807) is 0 Å². The molecule has 13 nitrogen and oxygen atoms in total. The molecule has 12 N–H and O–H groups in total. The van der Waals surface area contributed by atoms with Crippen molar-refractivity contribution in [2.75, 3.05) is 0 Å². The summed E-state index contributed by atoms with van der Waals surface area (Å²) < 4.78 is 21.8. The van der Waals surface area contributed by atoms with Crippen molar-refractivity contribution in [1.29, 1.82) is 0 Å². The molecule has 0 radical (unpaired) electrons. The average molecular weight is 309 g/mol. The van der Waals surface area contributed by atoms with Crippen LogP contribution in [0, 0.1) is 0 Å². The first-order valence-electron chi connectivity index (χ1n) is 2.83. The Morgan fingerprint density at radius 1 is 0.579 bits per heavy atom. The van der Waals surface area contributed by atoms with Crippen molar-refractivity contribution < 1.29 is 125 Å². The van der Waals surface area contributed by atoms with Gasteiger partial charge in [-0.1, -0.05) is 0 Å². The molecule has 2 saturated heterocycles. The van der Waals surface area contributed by atoms with Crippen molar-refractivity contribution in [2.24, 2.45) is 0 Å². The van der Waals surface area contributed by atoms with Crippen LogP contribution >= 0.6 is 0 Å². The first kappa shape index (κ1) is 42.8. The van der Waals surface area contributed by atoms with Gasteiger partial charge in [0.25, 0.3) is 0 Å². The zero-order chi connectivity index (χ0) is 7.84. The zero-order valence-electron chi connectivity index (χ0n) is 10.2. The van der Waals surface area contributed by atoms with Crippen LogP contribution in [0.3, 0.4) is 0 Å². The maximum absolute atomic E-state index is 10.1. The van der Waals surface area contributed by atoms with Crippen LogP contribution in [0.25, 0.3) is 0 Å². The van der Waals surface area contributed by atoms with Crippen LogP contribution < -0.4 is 69.2 Å². The molecule has 0 unspecified atom stereocenters. The predicted molar refractivity (Wildman–Crippen MR) is 50.1 cm³/mol. The van der Waals surface area contributed by atoms with Gasteiger partial charge in [-0.2, -0.15) is 0 Å². The number of hydrogen-bond acceptors (Lipinski definition) is 7. The van der Waals surface area contributed by atoms with E-state index in [-0.39, 0.29) is 92.0 Å². The van der Waals surface area contributed by atoms with Gasteiger partial charge in [0, 0.05) is 0 Å². The first-order valence-corrected chi connectivity index (χ1v) is 2.83. The standard InChI is InChI=1S/B4O7.2Na.6H2O/c5-1-7-3(8-1)11-4-9-2(6)10-4;;;;;;;;/h;;;6*1H2/q-2;2*+1;;;;;;. The van der Waals surface area contributed by atoms with Crippen molar-refractivity contribution >= 4 is 29.3 Å². The van der Waals surface area contributed by atoms with Crippen LogP contribution in [0.15, 0.2) is 0 Å². The van der Waals surface area contributed by atoms with Gasteiger partial charge >= 0.3 is 88.4 Å². The average Bonchev–Trinajstić information content (AvgIpc) is 1.81. The van der Waals surface area contributed by atoms with E-state index < -0.39 is 29.3 Å². The molecule has 0 aromatic rings. The van der Waals surface area contributed by atoms with E-state index in [1.807, 2.05) is 0 Å². The maximum Gasteiger partial charge on any atom is 1.00 e. The third-order valence-corrected chi connectivity index (χ3v) is 1.11. The summed E-state index contributed by atoms with van der Waals surface area (Å²) in [6, 6.07) is 0. The summed E-state index contributed by atoms with van der Waals surface area (Å²) in [6.07, 6.45) is 0. The number of hydrogen-bond donors (Lipinski definition) is 0. The smallest absolute Gasteiger partial charge is 0.833 e. The normalized spacial score (nSPS) is 13.6. The molecule has 19 heavy (non-hydrogen) atoms. The molecule has 2 fully saturated rings. The fourth-order valence-electron chi connectivity index (χ4n) is 0.602. The molecule has 0 bridgehead atoms. The maximum atomic E-state index is 10.1. The van der Waals surface area contributed by atoms with Crippen molar-refractivity contribution in [1.82, 2.24) is 0 Å². The van der Waals surface area contributed by atoms with Gasteiger partial charge in [-0.15, -0.1) is 0 Å². The summed E-state index contributed by atoms with van der Waals surface area (Å²) >= 11 is 0. The Bertz CT molecular complexity index is 134. The second-order valence-corrected chi connectivity index (χ2v) is 1.84. The third kappa shape index (κ3) is 13.1. The Hall–Kier alpha value is 1.74. The summed E-state index contributed by atoms with van der Waals surface area (Å²) in [5, 5.41) is 20.2. The van der Waals surface area contributed by atoms with Gasteiger partial charge in [0.2, 0.25) is 0 Å². The molecule has 104 valence electrons. The molecular weight excluding hydrogens is 297 g/mol. The summed E-state index contributed by atoms with van der Waals surface area (Å²) in [5.41, 5.74) is 0. The zero-order valence-corrected chi connectivity index (χ0v) is 14.2. The van der Waals surface area contributed by atoms with Crippen molar-refractivity contribution in [3.63, 3.8) is 0 Å². The molecule has 2 heterocycles. The molecule has 19 heteroatoms. The molecule has 2 aliphatic rings. The van der Waals surface area contributed by atoms with Gasteiger partial charge in [0.05, 0.1) is 0 Å². The van der Waals surface area contributed by atoms with Crippen LogP contribution in [0.2, 0.25) is 0 Å². The minimum atomic E-state index is -1.51. The second-order valence-electron chi connectivity index (χ2n) is 1.84. The molecule has 0 aliphatic carbocycles. The molecule has 0 spiro atoms. The Morgan fingerprint density at radius 3 is 0.947 bits per heavy atom. The van der Waals surface area contributed by atoms with Crippen LogP contribution in [-0.2, 0) is 22.9 Å². The van der Waals surface area contributed by atoms with Gasteiger partial charge in [0.15, 0.2) is 0 Å². The second kappa shape index (κ2) is 19.7. The largest absolute Gasteiger partial charge is 1.00 e. The van der Waals surface area contributed by atoms with Crippen molar-refractivity contribution in [3.8, 4) is 0 Å². The first-order chi connectivity index (χ1) is 5.24. The fraction of sp³-hybridized carbons (Fsp3) is 0. The monoisotopic (exact) mass is 310 g/mol. The van der Waals surface area contributed by atoms with E-state index in [2.05, 4.69) is 22.9 Å². The molecule has 0 aromatic heterocycles. The van der Waals surface area contributed by atoms with Gasteiger partial charge in [0.1, 0.15) is 0 Å². The van der Waals surface area contributed by atoms with E-state index in [0.717, 1.165) is 0 Å². The summed E-state index contributed by atoms with van der Waals surface area (Å²) in [6.45, 7) is 0. The molecule has 0 amide bonds. The molecule has 0 aromatic carbocycles. The van der Waals surface area contributed by atoms with Crippen LogP contribution in [0.1, 0.15) is 0 Å². The predicted octanol–water partition coefficient (Wildman–Crippen LogP) is -15.2. The van der Waals surface area contributed by atoms with Crippen molar-refractivity contribution in [2.45, 2.75) is 0 Å². The van der Waals surface area contributed by atoms with Crippen molar-refractivity contribution in [3.05, 3.63) is 0 Å². The SMILES string of the molecule is O.O.O.O.O.O.[Na+].[Na+].[O-]B1OB(OB2OB([O-])O2)O1. The molecule has 2 rings (SSSR count). The minimum Gasteiger partial charge on any atom is -0.833 e. The molecular formula is H12B4Na2O13. The summed E-state index contributed by atoms with van der Waals surface area (Å²) in [7, 11) is -5.17. The van der Waals surface area contributed by atoms with E-state index in [4.69, 9.17) is 0 Å². The van der Waals surface area contributed by atoms with E-state index in [9.17, 15) is 10.0 Å². The Kier molecular flexibility index (Phi) is 44.5. The van der Waals surface area contributed by atoms with E-state index in [1.165, 1.54) is 0 Å². The van der Waals surface area contributed by atoms with Crippen LogP contribution in [0.5, 0.6) is 0 Å². The van der Waals surface area contributed by atoms with E-state index in [0.29, 0.717) is 0 Å². The molecule has 0 saturated carbocycles. The Balaban J connectivity index is -0.0000000360. The quantitative estimate of drug-likeness (QED) is 0.443. The molecule has 2 aliphatic heterocycles. The Morgan fingerprint density at radius 2 is 0.789 bits per heavy atom. The van der Waals surface area contributed by atoms with Gasteiger partial charge in [-0.25, -0.2) is 0 Å². The van der Waals surface area contributed by atoms with Crippen LogP contribution in [-0.4, -0.2) is 62.1 Å². The van der Waals surface area contributed by atoms with Gasteiger partial charge < -0.3 is 65.8 Å². The summed E-state index contributed by atoms with van der Waals surface area (Å²) in [5.74, 6) is 0.